The molecular weight excluding hydrogens is 238 g/mol. The van der Waals surface area contributed by atoms with Gasteiger partial charge in [0.1, 0.15) is 5.82 Å². The first kappa shape index (κ1) is 13.8. The van der Waals surface area contributed by atoms with Crippen LogP contribution in [0.5, 0.6) is 0 Å². The molecule has 4 nitrogen and oxygen atoms in total. The Bertz CT molecular complexity index is 437. The summed E-state index contributed by atoms with van der Waals surface area (Å²) >= 11 is 0. The summed E-state index contributed by atoms with van der Waals surface area (Å²) in [5, 5.41) is 0. The summed E-state index contributed by atoms with van der Waals surface area (Å²) in [6.07, 6.45) is 6.75. The summed E-state index contributed by atoms with van der Waals surface area (Å²) in [5.41, 5.74) is 7.35. The Morgan fingerprint density at radius 2 is 1.84 bits per heavy atom. The lowest BCUT2D eigenvalue weighted by Gasteiger charge is -2.25. The van der Waals surface area contributed by atoms with Crippen molar-refractivity contribution in [2.45, 2.75) is 45.4 Å². The molecule has 4 heteroatoms. The van der Waals surface area contributed by atoms with Crippen molar-refractivity contribution in [3.63, 3.8) is 0 Å². The van der Waals surface area contributed by atoms with Gasteiger partial charge >= 0.3 is 0 Å². The van der Waals surface area contributed by atoms with Gasteiger partial charge in [-0.1, -0.05) is 26.2 Å². The predicted octanol–water partition coefficient (Wildman–Crippen LogP) is 2.63. The number of likely N-dealkylation sites (tertiary alicyclic amines) is 1. The van der Waals surface area contributed by atoms with E-state index in [0.717, 1.165) is 38.0 Å². The Labute approximate surface area is 115 Å². The van der Waals surface area contributed by atoms with E-state index < -0.39 is 0 Å². The van der Waals surface area contributed by atoms with Crippen LogP contribution in [0.1, 0.15) is 55.1 Å². The SMILES string of the molecule is CCc1cc(C(=O)N2CCCCCCC2)cc(N)n1. The predicted molar refractivity (Wildman–Crippen MR) is 77.0 cm³/mol. The van der Waals surface area contributed by atoms with E-state index in [1.54, 1.807) is 6.07 Å². The number of rotatable bonds is 2. The largest absolute Gasteiger partial charge is 0.384 e. The maximum atomic E-state index is 12.5. The average Bonchev–Trinajstić information content (AvgIpc) is 2.37. The summed E-state index contributed by atoms with van der Waals surface area (Å²) in [6, 6.07) is 3.57. The summed E-state index contributed by atoms with van der Waals surface area (Å²) < 4.78 is 0. The lowest BCUT2D eigenvalue weighted by Crippen LogP contribution is -2.34. The molecule has 0 aliphatic carbocycles. The molecule has 0 bridgehead atoms. The van der Waals surface area contributed by atoms with E-state index in [0.29, 0.717) is 11.4 Å². The molecule has 2 N–H and O–H groups in total. The number of amides is 1. The number of aromatic nitrogens is 1. The Balaban J connectivity index is 2.15. The molecule has 0 radical (unpaired) electrons. The lowest BCUT2D eigenvalue weighted by atomic mass is 10.1. The third-order valence-electron chi connectivity index (χ3n) is 3.65. The molecule has 104 valence electrons. The van der Waals surface area contributed by atoms with Crippen LogP contribution in [0.4, 0.5) is 5.82 Å². The first-order valence-corrected chi connectivity index (χ1v) is 7.26. The van der Waals surface area contributed by atoms with Gasteiger partial charge in [-0.3, -0.25) is 4.79 Å². The van der Waals surface area contributed by atoms with Gasteiger partial charge in [0.15, 0.2) is 0 Å². The summed E-state index contributed by atoms with van der Waals surface area (Å²) in [6.45, 7) is 3.75. The fourth-order valence-electron chi connectivity index (χ4n) is 2.55. The van der Waals surface area contributed by atoms with Crippen LogP contribution in [0.3, 0.4) is 0 Å². The van der Waals surface area contributed by atoms with Gasteiger partial charge in [0.25, 0.3) is 5.91 Å². The summed E-state index contributed by atoms with van der Waals surface area (Å²) in [4.78, 5) is 18.7. The Morgan fingerprint density at radius 3 is 2.47 bits per heavy atom. The highest BCUT2D eigenvalue weighted by Gasteiger charge is 2.17. The van der Waals surface area contributed by atoms with E-state index in [2.05, 4.69) is 4.98 Å². The normalized spacial score (nSPS) is 16.8. The molecule has 2 heterocycles. The van der Waals surface area contributed by atoms with E-state index in [9.17, 15) is 4.79 Å². The van der Waals surface area contributed by atoms with Crippen molar-refractivity contribution in [1.82, 2.24) is 9.88 Å². The lowest BCUT2D eigenvalue weighted by molar-refractivity contribution is 0.0742. The number of carbonyl (C=O) groups is 1. The quantitative estimate of drug-likeness (QED) is 0.890. The van der Waals surface area contributed by atoms with Crippen LogP contribution in [-0.2, 0) is 6.42 Å². The van der Waals surface area contributed by atoms with Crippen molar-refractivity contribution in [2.24, 2.45) is 0 Å². The molecular formula is C15H23N3O. The molecule has 1 aliphatic heterocycles. The molecule has 0 spiro atoms. The summed E-state index contributed by atoms with van der Waals surface area (Å²) in [7, 11) is 0. The van der Waals surface area contributed by atoms with E-state index in [-0.39, 0.29) is 5.91 Å². The highest BCUT2D eigenvalue weighted by atomic mass is 16.2. The molecule has 0 saturated carbocycles. The molecule has 0 unspecified atom stereocenters. The smallest absolute Gasteiger partial charge is 0.254 e. The number of nitrogens with two attached hydrogens (primary N) is 1. The monoisotopic (exact) mass is 261 g/mol. The molecule has 19 heavy (non-hydrogen) atoms. The number of anilines is 1. The molecule has 1 aromatic heterocycles. The zero-order chi connectivity index (χ0) is 13.7. The fourth-order valence-corrected chi connectivity index (χ4v) is 2.55. The Kier molecular flexibility index (Phi) is 4.77. The zero-order valence-corrected chi connectivity index (χ0v) is 11.7. The fraction of sp³-hybridized carbons (Fsp3) is 0.600. The standard InChI is InChI=1S/C15H23N3O/c1-2-13-10-12(11-14(16)17-13)15(19)18-8-6-4-3-5-7-9-18/h10-11H,2-9H2,1H3,(H2,16,17). The van der Waals surface area contributed by atoms with Crippen LogP contribution in [0.2, 0.25) is 0 Å². The summed E-state index contributed by atoms with van der Waals surface area (Å²) in [5.74, 6) is 0.542. The van der Waals surface area contributed by atoms with Crippen LogP contribution in [0.25, 0.3) is 0 Å². The third-order valence-corrected chi connectivity index (χ3v) is 3.65. The van der Waals surface area contributed by atoms with Crippen LogP contribution >= 0.6 is 0 Å². The number of carbonyl (C=O) groups excluding carboxylic acids is 1. The molecule has 0 atom stereocenters. The zero-order valence-electron chi connectivity index (χ0n) is 11.7. The van der Waals surface area contributed by atoms with Crippen molar-refractivity contribution in [1.29, 1.82) is 0 Å². The second-order valence-electron chi connectivity index (χ2n) is 5.19. The van der Waals surface area contributed by atoms with Crippen molar-refractivity contribution < 1.29 is 4.79 Å². The average molecular weight is 261 g/mol. The van der Waals surface area contributed by atoms with Gasteiger partial charge < -0.3 is 10.6 Å². The highest BCUT2D eigenvalue weighted by Crippen LogP contribution is 2.15. The first-order chi connectivity index (χ1) is 9.20. The molecule has 0 aromatic carbocycles. The molecule has 1 aromatic rings. The molecule has 1 saturated heterocycles. The van der Waals surface area contributed by atoms with Crippen molar-refractivity contribution in [2.75, 3.05) is 18.8 Å². The minimum absolute atomic E-state index is 0.103. The maximum Gasteiger partial charge on any atom is 0.254 e. The van der Waals surface area contributed by atoms with Crippen molar-refractivity contribution in [3.05, 3.63) is 23.4 Å². The topological polar surface area (TPSA) is 59.2 Å². The van der Waals surface area contributed by atoms with Crippen LogP contribution in [0.15, 0.2) is 12.1 Å². The number of nitrogen functional groups attached to an aromatic ring is 1. The van der Waals surface area contributed by atoms with Gasteiger partial charge in [0, 0.05) is 24.3 Å². The minimum atomic E-state index is 0.103. The van der Waals surface area contributed by atoms with E-state index in [1.807, 2.05) is 17.9 Å². The number of aryl methyl sites for hydroxylation is 1. The molecule has 2 rings (SSSR count). The minimum Gasteiger partial charge on any atom is -0.384 e. The molecule has 1 amide bonds. The van der Waals surface area contributed by atoms with Gasteiger partial charge in [-0.15, -0.1) is 0 Å². The van der Waals surface area contributed by atoms with Gasteiger partial charge in [0.05, 0.1) is 0 Å². The van der Waals surface area contributed by atoms with Gasteiger partial charge in [0.2, 0.25) is 0 Å². The molecule has 1 aliphatic rings. The molecule has 1 fully saturated rings. The third kappa shape index (κ3) is 3.69. The van der Waals surface area contributed by atoms with Crippen molar-refractivity contribution in [3.8, 4) is 0 Å². The van der Waals surface area contributed by atoms with Crippen LogP contribution < -0.4 is 5.73 Å². The van der Waals surface area contributed by atoms with Crippen LogP contribution in [-0.4, -0.2) is 28.9 Å². The highest BCUT2D eigenvalue weighted by molar-refractivity contribution is 5.95. The van der Waals surface area contributed by atoms with E-state index in [1.165, 1.54) is 19.3 Å². The van der Waals surface area contributed by atoms with E-state index >= 15 is 0 Å². The number of nitrogens with zero attached hydrogens (tertiary/aromatic N) is 2. The van der Waals surface area contributed by atoms with Gasteiger partial charge in [-0.05, 0) is 31.4 Å². The van der Waals surface area contributed by atoms with Gasteiger partial charge in [-0.2, -0.15) is 0 Å². The number of hydrogen-bond donors (Lipinski definition) is 1. The van der Waals surface area contributed by atoms with Gasteiger partial charge in [-0.25, -0.2) is 4.98 Å². The Hall–Kier alpha value is -1.58. The van der Waals surface area contributed by atoms with Crippen molar-refractivity contribution >= 4 is 11.7 Å². The first-order valence-electron chi connectivity index (χ1n) is 7.26. The van der Waals surface area contributed by atoms with E-state index in [4.69, 9.17) is 5.73 Å². The number of pyridine rings is 1. The second kappa shape index (κ2) is 6.55. The maximum absolute atomic E-state index is 12.5. The number of hydrogen-bond acceptors (Lipinski definition) is 3. The Morgan fingerprint density at radius 1 is 1.21 bits per heavy atom. The second-order valence-corrected chi connectivity index (χ2v) is 5.19. The van der Waals surface area contributed by atoms with Crippen LogP contribution in [0, 0.1) is 0 Å².